The van der Waals surface area contributed by atoms with E-state index in [1.165, 1.54) is 0 Å². The highest BCUT2D eigenvalue weighted by molar-refractivity contribution is 7.80. The Kier molecular flexibility index (Phi) is 12.4. The molecular weight excluding hydrogens is 424 g/mol. The summed E-state index contributed by atoms with van der Waals surface area (Å²) in [6, 6.07) is -4.96. The van der Waals surface area contributed by atoms with Crippen LogP contribution in [0.5, 0.6) is 0 Å². The maximum atomic E-state index is 12.4. The van der Waals surface area contributed by atoms with Gasteiger partial charge in [0, 0.05) is 11.5 Å². The van der Waals surface area contributed by atoms with E-state index in [0.717, 1.165) is 0 Å². The molecule has 3 amide bonds. The fraction of sp³-hybridized carbons (Fsp3) is 0.688. The number of amides is 3. The van der Waals surface area contributed by atoms with Gasteiger partial charge >= 0.3 is 11.9 Å². The summed E-state index contributed by atoms with van der Waals surface area (Å²) in [4.78, 5) is 58.8. The van der Waals surface area contributed by atoms with Crippen molar-refractivity contribution in [2.75, 3.05) is 11.5 Å². The summed E-state index contributed by atoms with van der Waals surface area (Å²) in [6.07, 6.45) is -0.406. The number of carbonyl (C=O) groups excluding carboxylic acids is 3. The Morgan fingerprint density at radius 1 is 0.828 bits per heavy atom. The number of nitrogens with one attached hydrogen (secondary N) is 3. The normalized spacial score (nSPS) is 15.0. The van der Waals surface area contributed by atoms with Gasteiger partial charge in [-0.15, -0.1) is 0 Å². The molecule has 166 valence electrons. The number of hydrogen-bond acceptors (Lipinski definition) is 8. The van der Waals surface area contributed by atoms with Gasteiger partial charge in [-0.3, -0.25) is 19.2 Å². The lowest BCUT2D eigenvalue weighted by Gasteiger charge is -2.23. The average Bonchev–Trinajstić information content (AvgIpc) is 2.61. The molecule has 0 fully saturated rings. The van der Waals surface area contributed by atoms with Gasteiger partial charge in [-0.25, -0.2) is 4.79 Å². The lowest BCUT2D eigenvalue weighted by molar-refractivity contribution is -0.142. The molecule has 0 spiro atoms. The topological polar surface area (TPSA) is 188 Å². The Morgan fingerprint density at radius 3 is 1.69 bits per heavy atom. The van der Waals surface area contributed by atoms with E-state index in [1.807, 2.05) is 13.8 Å². The molecule has 11 nitrogen and oxygen atoms in total. The van der Waals surface area contributed by atoms with E-state index >= 15 is 0 Å². The zero-order valence-corrected chi connectivity index (χ0v) is 17.9. The Balaban J connectivity index is 5.18. The van der Waals surface area contributed by atoms with Crippen LogP contribution in [0.4, 0.5) is 0 Å². The van der Waals surface area contributed by atoms with Gasteiger partial charge in [0.1, 0.15) is 18.1 Å². The third-order valence-corrected chi connectivity index (χ3v) is 4.42. The lowest BCUT2D eigenvalue weighted by Crippen LogP contribution is -2.58. The minimum absolute atomic E-state index is 0.105. The van der Waals surface area contributed by atoms with Crippen molar-refractivity contribution in [1.82, 2.24) is 16.0 Å². The summed E-state index contributed by atoms with van der Waals surface area (Å²) < 4.78 is 0. The lowest BCUT2D eigenvalue weighted by atomic mass is 10.0. The number of carboxylic acid groups (broad SMARTS) is 2. The van der Waals surface area contributed by atoms with E-state index in [9.17, 15) is 24.0 Å². The van der Waals surface area contributed by atoms with Crippen LogP contribution < -0.4 is 21.7 Å². The third-order valence-electron chi connectivity index (χ3n) is 3.69. The second kappa shape index (κ2) is 13.3. The Hall–Kier alpha value is -1.99. The Bertz CT molecular complexity index is 618. The second-order valence-electron chi connectivity index (χ2n) is 6.72. The predicted molar refractivity (Wildman–Crippen MR) is 111 cm³/mol. The molecule has 0 saturated carbocycles. The monoisotopic (exact) mass is 452 g/mol. The van der Waals surface area contributed by atoms with Crippen molar-refractivity contribution in [2.45, 2.75) is 50.9 Å². The zero-order valence-electron chi connectivity index (χ0n) is 16.1. The van der Waals surface area contributed by atoms with Crippen LogP contribution in [0.1, 0.15) is 26.7 Å². The first-order valence-corrected chi connectivity index (χ1v) is 10.0. The van der Waals surface area contributed by atoms with Gasteiger partial charge in [-0.1, -0.05) is 13.8 Å². The summed E-state index contributed by atoms with van der Waals surface area (Å²) in [7, 11) is 0. The molecule has 0 aromatic rings. The first-order chi connectivity index (χ1) is 13.4. The van der Waals surface area contributed by atoms with Gasteiger partial charge in [0.2, 0.25) is 17.7 Å². The average molecular weight is 453 g/mol. The van der Waals surface area contributed by atoms with Crippen molar-refractivity contribution in [3.05, 3.63) is 0 Å². The van der Waals surface area contributed by atoms with Crippen LogP contribution in [-0.2, 0) is 24.0 Å². The highest BCUT2D eigenvalue weighted by atomic mass is 32.1. The molecule has 4 unspecified atom stereocenters. The van der Waals surface area contributed by atoms with Gasteiger partial charge in [-0.2, -0.15) is 25.3 Å². The summed E-state index contributed by atoms with van der Waals surface area (Å²) >= 11 is 7.77. The second-order valence-corrected chi connectivity index (χ2v) is 7.45. The molecule has 0 aliphatic heterocycles. The van der Waals surface area contributed by atoms with E-state index in [0.29, 0.717) is 6.42 Å². The van der Waals surface area contributed by atoms with E-state index in [1.54, 1.807) is 0 Å². The number of nitrogens with two attached hydrogens (primary N) is 1. The smallest absolute Gasteiger partial charge is 0.327 e. The van der Waals surface area contributed by atoms with Crippen molar-refractivity contribution in [3.8, 4) is 0 Å². The van der Waals surface area contributed by atoms with Crippen LogP contribution in [0, 0.1) is 5.92 Å². The third kappa shape index (κ3) is 10.4. The molecule has 0 radical (unpaired) electrons. The molecule has 0 rings (SSSR count). The van der Waals surface area contributed by atoms with Crippen LogP contribution >= 0.6 is 25.3 Å². The Labute approximate surface area is 179 Å². The SMILES string of the molecule is CC(C)CC(N)C(=O)NC(CC(=O)O)C(=O)NC(CS)C(=O)NC(CS)C(=O)O. The van der Waals surface area contributed by atoms with Crippen molar-refractivity contribution < 1.29 is 34.2 Å². The van der Waals surface area contributed by atoms with Crippen LogP contribution in [-0.4, -0.2) is 75.5 Å². The number of carboxylic acids is 2. The standard InChI is InChI=1S/C16H28N4O7S2/c1-7(2)3-8(17)13(23)18-9(4-12(21)22)14(24)19-10(5-28)15(25)20-11(6-29)16(26)27/h7-11,28-29H,3-6,17H2,1-2H3,(H,18,23)(H,19,24)(H,20,25)(H,21,22)(H,26,27). The van der Waals surface area contributed by atoms with Gasteiger partial charge < -0.3 is 31.9 Å². The molecule has 0 bridgehead atoms. The largest absolute Gasteiger partial charge is 0.481 e. The molecule has 0 saturated heterocycles. The van der Waals surface area contributed by atoms with E-state index in [-0.39, 0.29) is 17.4 Å². The molecule has 4 atom stereocenters. The van der Waals surface area contributed by atoms with Crippen LogP contribution in [0.25, 0.3) is 0 Å². The fourth-order valence-corrected chi connectivity index (χ4v) is 2.71. The molecule has 0 heterocycles. The molecular formula is C16H28N4O7S2. The molecule has 29 heavy (non-hydrogen) atoms. The summed E-state index contributed by atoms with van der Waals surface area (Å²) in [5.74, 6) is -5.42. The van der Waals surface area contributed by atoms with Gasteiger partial charge in [0.15, 0.2) is 0 Å². The first kappa shape index (κ1) is 27.0. The molecule has 0 aliphatic rings. The van der Waals surface area contributed by atoms with E-state index in [2.05, 4.69) is 41.2 Å². The molecule has 0 aromatic heterocycles. The quantitative estimate of drug-likeness (QED) is 0.151. The summed E-state index contributed by atoms with van der Waals surface area (Å²) in [6.45, 7) is 3.69. The Morgan fingerprint density at radius 2 is 1.28 bits per heavy atom. The minimum atomic E-state index is -1.48. The van der Waals surface area contributed by atoms with Crippen molar-refractivity contribution >= 4 is 54.9 Å². The highest BCUT2D eigenvalue weighted by Gasteiger charge is 2.30. The zero-order chi connectivity index (χ0) is 22.7. The summed E-state index contributed by atoms with van der Waals surface area (Å²) in [5, 5.41) is 24.7. The van der Waals surface area contributed by atoms with Crippen molar-refractivity contribution in [1.29, 1.82) is 0 Å². The van der Waals surface area contributed by atoms with Crippen LogP contribution in [0.15, 0.2) is 0 Å². The number of thiol groups is 2. The van der Waals surface area contributed by atoms with Gasteiger partial charge in [0.25, 0.3) is 0 Å². The van der Waals surface area contributed by atoms with Gasteiger partial charge in [-0.05, 0) is 12.3 Å². The highest BCUT2D eigenvalue weighted by Crippen LogP contribution is 2.04. The minimum Gasteiger partial charge on any atom is -0.481 e. The molecule has 0 aromatic carbocycles. The molecule has 7 N–H and O–H groups in total. The van der Waals surface area contributed by atoms with Crippen LogP contribution in [0.3, 0.4) is 0 Å². The number of rotatable bonds is 13. The van der Waals surface area contributed by atoms with E-state index in [4.69, 9.17) is 15.9 Å². The number of carbonyl (C=O) groups is 5. The van der Waals surface area contributed by atoms with Gasteiger partial charge in [0.05, 0.1) is 12.5 Å². The molecule has 13 heteroatoms. The number of hydrogen-bond donors (Lipinski definition) is 8. The van der Waals surface area contributed by atoms with Crippen molar-refractivity contribution in [2.24, 2.45) is 11.7 Å². The number of aliphatic carboxylic acids is 2. The predicted octanol–water partition coefficient (Wildman–Crippen LogP) is -1.77. The first-order valence-electron chi connectivity index (χ1n) is 8.75. The maximum Gasteiger partial charge on any atom is 0.327 e. The van der Waals surface area contributed by atoms with Crippen LogP contribution in [0.2, 0.25) is 0 Å². The maximum absolute atomic E-state index is 12.4. The summed E-state index contributed by atoms with van der Waals surface area (Å²) in [5.41, 5.74) is 5.74. The molecule has 0 aliphatic carbocycles. The fourth-order valence-electron chi connectivity index (χ4n) is 2.20. The van der Waals surface area contributed by atoms with E-state index < -0.39 is 60.2 Å². The van der Waals surface area contributed by atoms with Crippen molar-refractivity contribution in [3.63, 3.8) is 0 Å².